The molecule has 1 heterocycles. The van der Waals surface area contributed by atoms with Crippen LogP contribution in [0.3, 0.4) is 0 Å². The monoisotopic (exact) mass is 361 g/mol. The van der Waals surface area contributed by atoms with Crippen LogP contribution in [0.5, 0.6) is 0 Å². The van der Waals surface area contributed by atoms with Gasteiger partial charge in [-0.3, -0.25) is 4.79 Å². The molecule has 25 heavy (non-hydrogen) atoms. The molecule has 1 amide bonds. The molecule has 0 radical (unpaired) electrons. The van der Waals surface area contributed by atoms with Gasteiger partial charge in [0.1, 0.15) is 5.82 Å². The molecule has 2 aromatic rings. The van der Waals surface area contributed by atoms with E-state index in [1.807, 2.05) is 6.92 Å². The highest BCUT2D eigenvalue weighted by Gasteiger charge is 2.09. The summed E-state index contributed by atoms with van der Waals surface area (Å²) in [6.07, 6.45) is 3.88. The second-order valence-electron chi connectivity index (χ2n) is 5.40. The molecule has 0 fully saturated rings. The summed E-state index contributed by atoms with van der Waals surface area (Å²) in [7, 11) is 1.32. The Morgan fingerprint density at radius 2 is 2.04 bits per heavy atom. The highest BCUT2D eigenvalue weighted by atomic mass is 35.5. The van der Waals surface area contributed by atoms with Crippen LogP contribution >= 0.6 is 11.6 Å². The first kappa shape index (κ1) is 18.7. The van der Waals surface area contributed by atoms with Gasteiger partial charge in [0.25, 0.3) is 0 Å². The Morgan fingerprint density at radius 1 is 1.24 bits per heavy atom. The van der Waals surface area contributed by atoms with Crippen LogP contribution in [0.2, 0.25) is 5.02 Å². The molecule has 0 aliphatic rings. The average molecular weight is 362 g/mol. The Morgan fingerprint density at radius 3 is 2.68 bits per heavy atom. The lowest BCUT2D eigenvalue weighted by Gasteiger charge is -2.10. The maximum absolute atomic E-state index is 11.7. The number of esters is 1. The molecule has 0 spiro atoms. The first-order chi connectivity index (χ1) is 12.0. The van der Waals surface area contributed by atoms with Gasteiger partial charge in [-0.2, -0.15) is 0 Å². The number of nitrogens with one attached hydrogen (secondary N) is 2. The number of pyridine rings is 1. The number of aromatic nitrogens is 1. The Labute approximate surface area is 151 Å². The average Bonchev–Trinajstić information content (AvgIpc) is 2.62. The zero-order chi connectivity index (χ0) is 18.2. The Kier molecular flexibility index (Phi) is 6.77. The number of rotatable bonds is 7. The van der Waals surface area contributed by atoms with Gasteiger partial charge < -0.3 is 15.4 Å². The van der Waals surface area contributed by atoms with Crippen LogP contribution in [0.1, 0.15) is 36.5 Å². The number of amides is 1. The molecule has 0 saturated carbocycles. The van der Waals surface area contributed by atoms with Crippen LogP contribution in [0.15, 0.2) is 36.5 Å². The summed E-state index contributed by atoms with van der Waals surface area (Å²) < 4.78 is 4.70. The Bertz CT molecular complexity index is 748. The highest BCUT2D eigenvalue weighted by molar-refractivity contribution is 6.33. The lowest BCUT2D eigenvalue weighted by molar-refractivity contribution is -0.116. The van der Waals surface area contributed by atoms with Crippen molar-refractivity contribution in [2.24, 2.45) is 0 Å². The van der Waals surface area contributed by atoms with Gasteiger partial charge in [-0.05, 0) is 36.8 Å². The molecule has 0 bridgehead atoms. The van der Waals surface area contributed by atoms with Crippen molar-refractivity contribution in [2.75, 3.05) is 17.7 Å². The van der Waals surface area contributed by atoms with Crippen LogP contribution in [-0.4, -0.2) is 24.0 Å². The second kappa shape index (κ2) is 9.03. The standard InChI is InChI=1S/C18H20ClN3O3/c1-3-4-5-17(23)22-16-9-7-13(11-20-16)21-15-10-12(18(24)25-2)6-8-14(15)19/h6-11,21H,3-5H2,1-2H3,(H,20,22,23). The predicted octanol–water partition coefficient (Wildman–Crippen LogP) is 4.39. The molecule has 1 aromatic heterocycles. The van der Waals surface area contributed by atoms with E-state index in [4.69, 9.17) is 16.3 Å². The Balaban J connectivity index is 2.06. The van der Waals surface area contributed by atoms with Gasteiger partial charge >= 0.3 is 5.97 Å². The minimum atomic E-state index is -0.442. The molecule has 0 aliphatic carbocycles. The lowest BCUT2D eigenvalue weighted by atomic mass is 10.2. The van der Waals surface area contributed by atoms with Crippen LogP contribution in [-0.2, 0) is 9.53 Å². The maximum Gasteiger partial charge on any atom is 0.337 e. The number of anilines is 3. The molecule has 0 unspecified atom stereocenters. The van der Waals surface area contributed by atoms with Crippen molar-refractivity contribution in [3.05, 3.63) is 47.1 Å². The number of ether oxygens (including phenoxy) is 1. The zero-order valence-corrected chi connectivity index (χ0v) is 14.9. The van der Waals surface area contributed by atoms with Gasteiger partial charge in [-0.25, -0.2) is 9.78 Å². The second-order valence-corrected chi connectivity index (χ2v) is 5.80. The van der Waals surface area contributed by atoms with Crippen molar-refractivity contribution in [3.8, 4) is 0 Å². The smallest absolute Gasteiger partial charge is 0.337 e. The molecule has 2 N–H and O–H groups in total. The first-order valence-corrected chi connectivity index (χ1v) is 8.32. The fourth-order valence-corrected chi connectivity index (χ4v) is 2.27. The van der Waals surface area contributed by atoms with Crippen molar-refractivity contribution in [3.63, 3.8) is 0 Å². The van der Waals surface area contributed by atoms with Gasteiger partial charge in [0, 0.05) is 6.42 Å². The molecule has 1 aromatic carbocycles. The number of hydrogen-bond acceptors (Lipinski definition) is 5. The third-order valence-corrected chi connectivity index (χ3v) is 3.78. The number of halogens is 1. The van der Waals surface area contributed by atoms with E-state index in [1.54, 1.807) is 36.5 Å². The molecule has 132 valence electrons. The van der Waals surface area contributed by atoms with Crippen LogP contribution in [0, 0.1) is 0 Å². The van der Waals surface area contributed by atoms with E-state index in [1.165, 1.54) is 7.11 Å². The quantitative estimate of drug-likeness (QED) is 0.715. The van der Waals surface area contributed by atoms with Crippen LogP contribution in [0.25, 0.3) is 0 Å². The normalized spacial score (nSPS) is 10.2. The third-order valence-electron chi connectivity index (χ3n) is 3.45. The minimum Gasteiger partial charge on any atom is -0.465 e. The summed E-state index contributed by atoms with van der Waals surface area (Å²) in [6, 6.07) is 8.28. The summed E-state index contributed by atoms with van der Waals surface area (Å²) in [5.41, 5.74) is 1.63. The highest BCUT2D eigenvalue weighted by Crippen LogP contribution is 2.27. The molecule has 0 saturated heterocycles. The van der Waals surface area contributed by atoms with Crippen molar-refractivity contribution < 1.29 is 14.3 Å². The van der Waals surface area contributed by atoms with Gasteiger partial charge in [0.05, 0.1) is 35.3 Å². The summed E-state index contributed by atoms with van der Waals surface area (Å²) in [5.74, 6) is -0.00655. The number of hydrogen-bond donors (Lipinski definition) is 2. The number of carbonyl (C=O) groups excluding carboxylic acids is 2. The first-order valence-electron chi connectivity index (χ1n) is 7.94. The van der Waals surface area contributed by atoms with E-state index in [-0.39, 0.29) is 5.91 Å². The fourth-order valence-electron chi connectivity index (χ4n) is 2.11. The molecule has 2 rings (SSSR count). The van der Waals surface area contributed by atoms with Crippen molar-refractivity contribution >= 4 is 40.7 Å². The molecular weight excluding hydrogens is 342 g/mol. The molecular formula is C18H20ClN3O3. The molecule has 0 aliphatic heterocycles. The van der Waals surface area contributed by atoms with Crippen LogP contribution < -0.4 is 10.6 Å². The largest absolute Gasteiger partial charge is 0.465 e. The van der Waals surface area contributed by atoms with E-state index in [0.717, 1.165) is 12.8 Å². The zero-order valence-electron chi connectivity index (χ0n) is 14.1. The number of methoxy groups -OCH3 is 1. The molecule has 6 nitrogen and oxygen atoms in total. The van der Waals surface area contributed by atoms with Gasteiger partial charge in [0.2, 0.25) is 5.91 Å². The van der Waals surface area contributed by atoms with Crippen molar-refractivity contribution in [2.45, 2.75) is 26.2 Å². The molecule has 0 atom stereocenters. The van der Waals surface area contributed by atoms with Crippen molar-refractivity contribution in [1.82, 2.24) is 4.98 Å². The van der Waals surface area contributed by atoms with E-state index < -0.39 is 5.97 Å². The topological polar surface area (TPSA) is 80.3 Å². The van der Waals surface area contributed by atoms with Gasteiger partial charge in [-0.1, -0.05) is 24.9 Å². The van der Waals surface area contributed by atoms with E-state index >= 15 is 0 Å². The van der Waals surface area contributed by atoms with Gasteiger partial charge in [0.15, 0.2) is 0 Å². The van der Waals surface area contributed by atoms with Crippen molar-refractivity contribution in [1.29, 1.82) is 0 Å². The summed E-state index contributed by atoms with van der Waals surface area (Å²) in [4.78, 5) is 27.5. The summed E-state index contributed by atoms with van der Waals surface area (Å²) in [6.45, 7) is 2.03. The third kappa shape index (κ3) is 5.46. The number of carbonyl (C=O) groups is 2. The van der Waals surface area contributed by atoms with E-state index in [2.05, 4.69) is 15.6 Å². The molecule has 7 heteroatoms. The predicted molar refractivity (Wildman–Crippen MR) is 98.5 cm³/mol. The van der Waals surface area contributed by atoms with Gasteiger partial charge in [-0.15, -0.1) is 0 Å². The number of benzene rings is 1. The fraction of sp³-hybridized carbons (Fsp3) is 0.278. The van der Waals surface area contributed by atoms with Crippen LogP contribution in [0.4, 0.5) is 17.2 Å². The Hall–Kier alpha value is -2.60. The van der Waals surface area contributed by atoms with E-state index in [0.29, 0.717) is 34.2 Å². The lowest BCUT2D eigenvalue weighted by Crippen LogP contribution is -2.12. The minimum absolute atomic E-state index is 0.0520. The summed E-state index contributed by atoms with van der Waals surface area (Å²) in [5, 5.41) is 6.30. The maximum atomic E-state index is 11.7. The number of nitrogens with zero attached hydrogens (tertiary/aromatic N) is 1. The number of unbranched alkanes of at least 4 members (excludes halogenated alkanes) is 1. The summed E-state index contributed by atoms with van der Waals surface area (Å²) >= 11 is 6.15. The van der Waals surface area contributed by atoms with E-state index in [9.17, 15) is 9.59 Å². The SMILES string of the molecule is CCCCC(=O)Nc1ccc(Nc2cc(C(=O)OC)ccc2Cl)cn1.